The van der Waals surface area contributed by atoms with Gasteiger partial charge in [0.1, 0.15) is 0 Å². The van der Waals surface area contributed by atoms with Crippen LogP contribution in [0.2, 0.25) is 5.02 Å². The Kier molecular flexibility index (Phi) is 5.29. The highest BCUT2D eigenvalue weighted by molar-refractivity contribution is 6.33. The van der Waals surface area contributed by atoms with Crippen LogP contribution in [-0.4, -0.2) is 11.4 Å². The van der Waals surface area contributed by atoms with Crippen LogP contribution < -0.4 is 16.4 Å². The molecule has 1 unspecified atom stereocenters. The molecule has 0 spiro atoms. The highest BCUT2D eigenvalue weighted by Gasteiger charge is 2.22. The maximum atomic E-state index is 11.9. The maximum absolute atomic E-state index is 11.9. The average Bonchev–Trinajstić information content (AvgIpc) is 2.50. The third kappa shape index (κ3) is 4.71. The van der Waals surface area contributed by atoms with E-state index in [9.17, 15) is 4.79 Å². The number of benzene rings is 2. The van der Waals surface area contributed by atoms with Crippen molar-refractivity contribution in [3.63, 3.8) is 0 Å². The Labute approximate surface area is 142 Å². The highest BCUT2D eigenvalue weighted by Crippen LogP contribution is 2.29. The average molecular weight is 332 g/mol. The zero-order valence-electron chi connectivity index (χ0n) is 13.6. The van der Waals surface area contributed by atoms with E-state index in [1.54, 1.807) is 26.0 Å². The van der Waals surface area contributed by atoms with E-state index in [0.717, 1.165) is 5.69 Å². The molecule has 0 aliphatic carbocycles. The summed E-state index contributed by atoms with van der Waals surface area (Å²) in [4.78, 5) is 11.9. The smallest absolute Gasteiger partial charge is 0.243 e. The zero-order chi connectivity index (χ0) is 17.0. The van der Waals surface area contributed by atoms with Crippen molar-refractivity contribution in [2.45, 2.75) is 32.4 Å². The van der Waals surface area contributed by atoms with Gasteiger partial charge in [0, 0.05) is 11.7 Å². The van der Waals surface area contributed by atoms with E-state index in [-0.39, 0.29) is 11.9 Å². The van der Waals surface area contributed by atoms with Gasteiger partial charge in [-0.3, -0.25) is 4.79 Å². The number of carbonyl (C=O) groups is 1. The Balaban J connectivity index is 2.09. The third-order valence-electron chi connectivity index (χ3n) is 3.48. The second-order valence-electron chi connectivity index (χ2n) is 6.15. The molecule has 4 nitrogen and oxygen atoms in total. The first-order valence-corrected chi connectivity index (χ1v) is 7.86. The summed E-state index contributed by atoms with van der Waals surface area (Å²) in [7, 11) is 0. The maximum Gasteiger partial charge on any atom is 0.243 e. The van der Waals surface area contributed by atoms with Gasteiger partial charge in [0.15, 0.2) is 0 Å². The lowest BCUT2D eigenvalue weighted by molar-refractivity contribution is -0.120. The van der Waals surface area contributed by atoms with Crippen LogP contribution in [0.4, 0.5) is 11.4 Å². The summed E-state index contributed by atoms with van der Waals surface area (Å²) in [5.41, 5.74) is 7.44. The third-order valence-corrected chi connectivity index (χ3v) is 3.80. The molecule has 0 aliphatic rings. The number of amides is 1. The lowest BCUT2D eigenvalue weighted by atomic mass is 10.1. The predicted octanol–water partition coefficient (Wildman–Crippen LogP) is 4.19. The van der Waals surface area contributed by atoms with Crippen molar-refractivity contribution in [1.82, 2.24) is 0 Å². The summed E-state index contributed by atoms with van der Waals surface area (Å²) in [6.45, 7) is 5.38. The monoisotopic (exact) mass is 331 g/mol. The molecule has 1 amide bonds. The molecule has 0 aliphatic heterocycles. The van der Waals surface area contributed by atoms with Crippen LogP contribution >= 0.6 is 11.6 Å². The van der Waals surface area contributed by atoms with Crippen molar-refractivity contribution in [2.75, 3.05) is 10.6 Å². The number of anilines is 2. The number of rotatable bonds is 5. The Bertz CT molecular complexity index is 680. The van der Waals surface area contributed by atoms with E-state index in [1.165, 1.54) is 5.56 Å². The Morgan fingerprint density at radius 2 is 1.83 bits per heavy atom. The van der Waals surface area contributed by atoms with Crippen LogP contribution in [-0.2, 0) is 4.79 Å². The first-order chi connectivity index (χ1) is 10.8. The van der Waals surface area contributed by atoms with Crippen molar-refractivity contribution >= 4 is 28.9 Å². The van der Waals surface area contributed by atoms with Crippen LogP contribution in [0.25, 0.3) is 0 Å². The molecule has 122 valence electrons. The van der Waals surface area contributed by atoms with Crippen LogP contribution in [0.5, 0.6) is 0 Å². The summed E-state index contributed by atoms with van der Waals surface area (Å²) >= 11 is 6.31. The van der Waals surface area contributed by atoms with Crippen LogP contribution in [0.3, 0.4) is 0 Å². The standard InChI is InChI=1S/C18H22ClN3O/c1-12(13-7-5-4-6-8-13)21-16-10-9-14(11-15(16)19)22-17(23)18(2,3)20/h4-12,21H,20H2,1-3H3,(H,22,23). The minimum atomic E-state index is -0.939. The molecule has 0 fully saturated rings. The van der Waals surface area contributed by atoms with E-state index < -0.39 is 5.54 Å². The Morgan fingerprint density at radius 1 is 1.17 bits per heavy atom. The number of nitrogens with two attached hydrogens (primary N) is 1. The van der Waals surface area contributed by atoms with E-state index in [1.807, 2.05) is 24.3 Å². The van der Waals surface area contributed by atoms with Crippen molar-refractivity contribution in [3.8, 4) is 0 Å². The lowest BCUT2D eigenvalue weighted by Gasteiger charge is -2.19. The highest BCUT2D eigenvalue weighted by atomic mass is 35.5. The van der Waals surface area contributed by atoms with Gasteiger partial charge in [-0.25, -0.2) is 0 Å². The molecule has 0 saturated heterocycles. The number of hydrogen-bond acceptors (Lipinski definition) is 3. The molecule has 0 heterocycles. The first kappa shape index (κ1) is 17.3. The fraction of sp³-hybridized carbons (Fsp3) is 0.278. The van der Waals surface area contributed by atoms with Crippen LogP contribution in [0.1, 0.15) is 32.4 Å². The molecule has 23 heavy (non-hydrogen) atoms. The van der Waals surface area contributed by atoms with Gasteiger partial charge < -0.3 is 16.4 Å². The van der Waals surface area contributed by atoms with Gasteiger partial charge in [-0.2, -0.15) is 0 Å². The minimum Gasteiger partial charge on any atom is -0.377 e. The van der Waals surface area contributed by atoms with Crippen LogP contribution in [0, 0.1) is 0 Å². The quantitative estimate of drug-likeness (QED) is 0.769. The number of nitrogens with one attached hydrogen (secondary N) is 2. The summed E-state index contributed by atoms with van der Waals surface area (Å²) in [6, 6.07) is 15.6. The van der Waals surface area contributed by atoms with E-state index in [0.29, 0.717) is 10.7 Å². The normalized spacial score (nSPS) is 12.6. The molecule has 2 aromatic rings. The molecule has 0 aromatic heterocycles. The first-order valence-electron chi connectivity index (χ1n) is 7.49. The topological polar surface area (TPSA) is 67.1 Å². The largest absolute Gasteiger partial charge is 0.377 e. The molecule has 4 N–H and O–H groups in total. The number of hydrogen-bond donors (Lipinski definition) is 3. The van der Waals surface area contributed by atoms with Gasteiger partial charge in [0.05, 0.1) is 16.2 Å². The lowest BCUT2D eigenvalue weighted by Crippen LogP contribution is -2.45. The molecular weight excluding hydrogens is 310 g/mol. The number of halogens is 1. The molecule has 0 radical (unpaired) electrons. The van der Waals surface area contributed by atoms with Crippen LogP contribution in [0.15, 0.2) is 48.5 Å². The fourth-order valence-corrected chi connectivity index (χ4v) is 2.30. The molecule has 2 aromatic carbocycles. The molecule has 1 atom stereocenters. The minimum absolute atomic E-state index is 0.122. The van der Waals surface area contributed by atoms with Crippen molar-refractivity contribution in [2.24, 2.45) is 5.73 Å². The Morgan fingerprint density at radius 3 is 2.39 bits per heavy atom. The van der Waals surface area contributed by atoms with Gasteiger partial charge in [-0.15, -0.1) is 0 Å². The fourth-order valence-electron chi connectivity index (χ4n) is 2.06. The second-order valence-corrected chi connectivity index (χ2v) is 6.55. The summed E-state index contributed by atoms with van der Waals surface area (Å²) in [6.07, 6.45) is 0. The second kappa shape index (κ2) is 7.02. The van der Waals surface area contributed by atoms with E-state index in [2.05, 4.69) is 29.7 Å². The van der Waals surface area contributed by atoms with Gasteiger partial charge in [0.2, 0.25) is 5.91 Å². The van der Waals surface area contributed by atoms with E-state index >= 15 is 0 Å². The Hall–Kier alpha value is -2.04. The predicted molar refractivity (Wildman–Crippen MR) is 96.8 cm³/mol. The van der Waals surface area contributed by atoms with Crippen molar-refractivity contribution in [3.05, 3.63) is 59.1 Å². The zero-order valence-corrected chi connectivity index (χ0v) is 14.3. The summed E-state index contributed by atoms with van der Waals surface area (Å²) in [5, 5.41) is 6.67. The van der Waals surface area contributed by atoms with Gasteiger partial charge in [-0.05, 0) is 44.5 Å². The van der Waals surface area contributed by atoms with E-state index in [4.69, 9.17) is 17.3 Å². The summed E-state index contributed by atoms with van der Waals surface area (Å²) in [5.74, 6) is -0.257. The SMILES string of the molecule is CC(Nc1ccc(NC(=O)C(C)(C)N)cc1Cl)c1ccccc1. The molecule has 0 bridgehead atoms. The molecule has 0 saturated carbocycles. The summed E-state index contributed by atoms with van der Waals surface area (Å²) < 4.78 is 0. The van der Waals surface area contributed by atoms with Crippen molar-refractivity contribution < 1.29 is 4.79 Å². The van der Waals surface area contributed by atoms with Gasteiger partial charge >= 0.3 is 0 Å². The van der Waals surface area contributed by atoms with Gasteiger partial charge in [-0.1, -0.05) is 41.9 Å². The molecule has 5 heteroatoms. The number of carbonyl (C=O) groups excluding carboxylic acids is 1. The molecule has 2 rings (SSSR count). The van der Waals surface area contributed by atoms with Crippen molar-refractivity contribution in [1.29, 1.82) is 0 Å². The van der Waals surface area contributed by atoms with Gasteiger partial charge in [0.25, 0.3) is 0 Å². The molecular formula is C18H22ClN3O.